The van der Waals surface area contributed by atoms with E-state index in [9.17, 15) is 14.4 Å². The van der Waals surface area contributed by atoms with Crippen molar-refractivity contribution in [3.8, 4) is 22.5 Å². The van der Waals surface area contributed by atoms with E-state index in [1.54, 1.807) is 24.3 Å². The third kappa shape index (κ3) is 7.40. The Hall–Kier alpha value is -4.94. The van der Waals surface area contributed by atoms with E-state index in [4.69, 9.17) is 5.73 Å². The fraction of sp³-hybridized carbons (Fsp3) is 0.405. The summed E-state index contributed by atoms with van der Waals surface area (Å²) in [6.07, 6.45) is 3.64. The van der Waals surface area contributed by atoms with Crippen LogP contribution in [0.2, 0.25) is 0 Å². The molecule has 2 aliphatic carbocycles. The van der Waals surface area contributed by atoms with Gasteiger partial charge in [0.25, 0.3) is 5.91 Å². The first kappa shape index (κ1) is 32.6. The minimum Gasteiger partial charge on any atom is -0.349 e. The van der Waals surface area contributed by atoms with Crippen LogP contribution in [0.4, 0.5) is 5.69 Å². The molecule has 7 N–H and O–H groups in total. The van der Waals surface area contributed by atoms with Crippen LogP contribution >= 0.6 is 0 Å². The number of carbonyl (C=O) groups excluding carboxylic acids is 3. The summed E-state index contributed by atoms with van der Waals surface area (Å²) < 4.78 is 0. The second kappa shape index (κ2) is 14.3. The highest BCUT2D eigenvalue weighted by molar-refractivity contribution is 5.98. The van der Waals surface area contributed by atoms with Gasteiger partial charge < -0.3 is 27.0 Å². The Balaban J connectivity index is 1.08. The van der Waals surface area contributed by atoms with E-state index in [1.165, 1.54) is 0 Å². The van der Waals surface area contributed by atoms with Crippen molar-refractivity contribution in [2.24, 2.45) is 29.4 Å². The summed E-state index contributed by atoms with van der Waals surface area (Å²) in [5.74, 6) is 1.35. The van der Waals surface area contributed by atoms with Gasteiger partial charge in [-0.15, -0.1) is 10.2 Å². The quantitative estimate of drug-likeness (QED) is 0.142. The highest BCUT2D eigenvalue weighted by atomic mass is 16.2. The lowest BCUT2D eigenvalue weighted by molar-refractivity contribution is -0.130. The number of amides is 3. The van der Waals surface area contributed by atoms with E-state index >= 15 is 0 Å². The van der Waals surface area contributed by atoms with Crippen LogP contribution in [0, 0.1) is 30.6 Å². The van der Waals surface area contributed by atoms with Crippen molar-refractivity contribution in [3.05, 3.63) is 83.4 Å². The van der Waals surface area contributed by atoms with E-state index in [0.717, 1.165) is 66.6 Å². The zero-order valence-electron chi connectivity index (χ0n) is 27.6. The monoisotopic (exact) mass is 661 g/mol. The Kier molecular flexibility index (Phi) is 9.49. The number of hydrogen-bond acceptors (Lipinski definition) is 8. The number of nitrogens with two attached hydrogens (primary N) is 1. The van der Waals surface area contributed by atoms with Crippen LogP contribution in [0.5, 0.6) is 0 Å². The first-order valence-corrected chi connectivity index (χ1v) is 17.2. The molecule has 3 aliphatic rings. The number of carbonyl (C=O) groups is 3. The molecule has 2 unspecified atom stereocenters. The smallest absolute Gasteiger partial charge is 0.251 e. The van der Waals surface area contributed by atoms with Crippen molar-refractivity contribution in [2.45, 2.75) is 51.1 Å². The predicted octanol–water partition coefficient (Wildman–Crippen LogP) is 3.22. The Morgan fingerprint density at radius 3 is 2.43 bits per heavy atom. The van der Waals surface area contributed by atoms with Crippen LogP contribution in [-0.4, -0.2) is 70.1 Å². The topological polar surface area (TPSA) is 180 Å². The molecule has 12 nitrogen and oxygen atoms in total. The third-order valence-electron chi connectivity index (χ3n) is 10.5. The van der Waals surface area contributed by atoms with Crippen molar-refractivity contribution in [3.63, 3.8) is 0 Å². The number of H-pyrrole nitrogens is 1. The molecule has 3 aromatic carbocycles. The number of rotatable bonds is 11. The molecule has 7 rings (SSSR count). The number of nitrogens with zero attached hydrogens (tertiary/aromatic N) is 3. The van der Waals surface area contributed by atoms with Gasteiger partial charge in [0.15, 0.2) is 0 Å². The van der Waals surface area contributed by atoms with Gasteiger partial charge in [0.2, 0.25) is 17.6 Å². The maximum absolute atomic E-state index is 13.8. The second-order valence-corrected chi connectivity index (χ2v) is 13.7. The zero-order chi connectivity index (χ0) is 33.9. The number of tetrazole rings is 1. The van der Waals surface area contributed by atoms with Gasteiger partial charge in [-0.2, -0.15) is 5.21 Å². The van der Waals surface area contributed by atoms with Gasteiger partial charge >= 0.3 is 0 Å². The Morgan fingerprint density at radius 2 is 1.71 bits per heavy atom. The molecule has 0 spiro atoms. The minimum atomic E-state index is -0.808. The summed E-state index contributed by atoms with van der Waals surface area (Å²) in [7, 11) is 0. The number of anilines is 1. The van der Waals surface area contributed by atoms with Crippen LogP contribution in [0.15, 0.2) is 66.7 Å². The normalized spacial score (nSPS) is 23.3. The largest absolute Gasteiger partial charge is 0.349 e. The van der Waals surface area contributed by atoms with Gasteiger partial charge in [-0.1, -0.05) is 30.3 Å². The molecule has 3 amide bonds. The Morgan fingerprint density at radius 1 is 0.939 bits per heavy atom. The third-order valence-corrected chi connectivity index (χ3v) is 10.5. The zero-order valence-corrected chi connectivity index (χ0v) is 27.6. The highest BCUT2D eigenvalue weighted by Gasteiger charge is 2.53. The maximum atomic E-state index is 13.8. The first-order chi connectivity index (χ1) is 23.9. The first-order valence-electron chi connectivity index (χ1n) is 17.2. The fourth-order valence-corrected chi connectivity index (χ4v) is 7.42. The summed E-state index contributed by atoms with van der Waals surface area (Å²) in [6, 6.07) is 20.4. The van der Waals surface area contributed by atoms with Gasteiger partial charge in [-0.05, 0) is 121 Å². The van der Waals surface area contributed by atoms with Crippen LogP contribution < -0.4 is 27.0 Å². The number of aryl methyl sites for hydroxylation is 1. The van der Waals surface area contributed by atoms with Gasteiger partial charge in [0, 0.05) is 48.3 Å². The number of fused-ring (bicyclic) bond motifs is 1. The summed E-state index contributed by atoms with van der Waals surface area (Å²) in [5.41, 5.74) is 11.7. The van der Waals surface area contributed by atoms with Crippen LogP contribution in [0.3, 0.4) is 0 Å². The SMILES string of the molecule is Cc1ccc(C(=O)NC2C3CNCC32)cc1-c1cccc(C[C@H](NC(=O)C2CCC(CN)CC2)C(=O)Nc2ccc(-c3nn[nH]n3)cc2)c1. The summed E-state index contributed by atoms with van der Waals surface area (Å²) in [6.45, 7) is 4.59. The summed E-state index contributed by atoms with van der Waals surface area (Å²) in [4.78, 5) is 40.5. The van der Waals surface area contributed by atoms with Crippen LogP contribution in [0.25, 0.3) is 22.5 Å². The molecule has 0 bridgehead atoms. The summed E-state index contributed by atoms with van der Waals surface area (Å²) >= 11 is 0. The highest BCUT2D eigenvalue weighted by Crippen LogP contribution is 2.41. The van der Waals surface area contributed by atoms with Crippen molar-refractivity contribution < 1.29 is 14.4 Å². The molecule has 1 saturated heterocycles. The molecular formula is C37H43N9O3. The predicted molar refractivity (Wildman–Crippen MR) is 186 cm³/mol. The number of piperidine rings is 1. The maximum Gasteiger partial charge on any atom is 0.251 e. The molecule has 1 aliphatic heterocycles. The average Bonchev–Trinajstić information content (AvgIpc) is 3.52. The molecule has 0 radical (unpaired) electrons. The van der Waals surface area contributed by atoms with Gasteiger partial charge in [0.1, 0.15) is 6.04 Å². The molecule has 1 aromatic heterocycles. The lowest BCUT2D eigenvalue weighted by Gasteiger charge is -2.28. The molecule has 2 heterocycles. The van der Waals surface area contributed by atoms with Crippen LogP contribution in [-0.2, 0) is 16.0 Å². The Bertz CT molecular complexity index is 1790. The Labute approximate surface area is 285 Å². The molecular weight excluding hydrogens is 618 g/mol. The van der Waals surface area contributed by atoms with Gasteiger partial charge in [0.05, 0.1) is 0 Å². The van der Waals surface area contributed by atoms with Crippen molar-refractivity contribution >= 4 is 23.4 Å². The molecule has 4 aromatic rings. The van der Waals surface area contributed by atoms with E-state index in [-0.39, 0.29) is 29.7 Å². The minimum absolute atomic E-state index is 0.0536. The van der Waals surface area contributed by atoms with Crippen molar-refractivity contribution in [1.29, 1.82) is 0 Å². The van der Waals surface area contributed by atoms with Crippen LogP contribution in [0.1, 0.15) is 47.2 Å². The number of benzene rings is 3. The standard InChI is InChI=1S/C37H43N9O3/c1-21-5-8-27(36(48)42-33-30-19-39-20-31(30)33)17-29(21)26-4-2-3-23(15-26)16-32(41-35(47)25-9-6-22(18-38)7-10-25)37(49)40-28-13-11-24(12-14-28)34-43-45-46-44-34/h2-5,8,11-15,17,22,25,30-33,39H,6-7,9-10,16,18-20,38H2,1H3,(H,40,49)(H,41,47)(H,42,48)(H,43,44,45,46)/t22?,25?,30?,31?,32-,33?/m0/s1. The summed E-state index contributed by atoms with van der Waals surface area (Å²) in [5, 5.41) is 26.7. The van der Waals surface area contributed by atoms with E-state index in [2.05, 4.69) is 41.9 Å². The van der Waals surface area contributed by atoms with E-state index in [1.807, 2.05) is 49.4 Å². The molecule has 12 heteroatoms. The lowest BCUT2D eigenvalue weighted by Crippen LogP contribution is -2.48. The number of hydrogen-bond donors (Lipinski definition) is 6. The van der Waals surface area contributed by atoms with Crippen molar-refractivity contribution in [1.82, 2.24) is 36.6 Å². The molecule has 254 valence electrons. The average molecular weight is 662 g/mol. The fourth-order valence-electron chi connectivity index (χ4n) is 7.42. The lowest BCUT2D eigenvalue weighted by atomic mass is 9.81. The molecule has 3 atom stereocenters. The number of aromatic nitrogens is 4. The van der Waals surface area contributed by atoms with Gasteiger partial charge in [-0.3, -0.25) is 14.4 Å². The molecule has 2 saturated carbocycles. The second-order valence-electron chi connectivity index (χ2n) is 13.7. The van der Waals surface area contributed by atoms with E-state index < -0.39 is 6.04 Å². The van der Waals surface area contributed by atoms with Crippen molar-refractivity contribution in [2.75, 3.05) is 25.0 Å². The number of aromatic amines is 1. The van der Waals surface area contributed by atoms with Gasteiger partial charge in [-0.25, -0.2) is 0 Å². The molecule has 3 fully saturated rings. The molecule has 49 heavy (non-hydrogen) atoms. The van der Waals surface area contributed by atoms with E-state index in [0.29, 0.717) is 47.8 Å². The number of nitrogens with one attached hydrogen (secondary N) is 5.